The lowest BCUT2D eigenvalue weighted by molar-refractivity contribution is 0.102. The predicted octanol–water partition coefficient (Wildman–Crippen LogP) is 4.88. The van der Waals surface area contributed by atoms with Crippen LogP contribution < -0.4 is 14.8 Å². The SMILES string of the molecule is Cc1cc2nn(-c3ccc(C(C)C)cc3)nc2cc1NC(=O)c1ccc2c(c1)OCCO2. The number of rotatable bonds is 4. The summed E-state index contributed by atoms with van der Waals surface area (Å²) in [4.78, 5) is 14.5. The van der Waals surface area contributed by atoms with Gasteiger partial charge in [-0.3, -0.25) is 4.79 Å². The summed E-state index contributed by atoms with van der Waals surface area (Å²) < 4.78 is 11.1. The van der Waals surface area contributed by atoms with Crippen LogP contribution in [0.3, 0.4) is 0 Å². The van der Waals surface area contributed by atoms with Crippen molar-refractivity contribution in [3.63, 3.8) is 0 Å². The molecule has 1 aliphatic rings. The fourth-order valence-corrected chi connectivity index (χ4v) is 3.69. The average molecular weight is 428 g/mol. The van der Waals surface area contributed by atoms with E-state index in [9.17, 15) is 4.79 Å². The summed E-state index contributed by atoms with van der Waals surface area (Å²) in [5.74, 6) is 1.49. The second-order valence-corrected chi connectivity index (χ2v) is 8.20. The number of amides is 1. The molecule has 0 spiro atoms. The molecule has 0 saturated carbocycles. The molecule has 4 aromatic rings. The number of nitrogens with one attached hydrogen (secondary N) is 1. The molecular formula is C25H24N4O3. The Bertz CT molecular complexity index is 1310. The second kappa shape index (κ2) is 8.00. The molecule has 1 aliphatic heterocycles. The number of fused-ring (bicyclic) bond motifs is 2. The summed E-state index contributed by atoms with van der Waals surface area (Å²) >= 11 is 0. The van der Waals surface area contributed by atoms with Gasteiger partial charge >= 0.3 is 0 Å². The Labute approximate surface area is 186 Å². The minimum absolute atomic E-state index is 0.221. The quantitative estimate of drug-likeness (QED) is 0.501. The van der Waals surface area contributed by atoms with Crippen LogP contribution in [0, 0.1) is 6.92 Å². The number of aryl methyl sites for hydroxylation is 1. The largest absolute Gasteiger partial charge is 0.486 e. The van der Waals surface area contributed by atoms with Gasteiger partial charge in [-0.25, -0.2) is 0 Å². The Kier molecular flexibility index (Phi) is 5.01. The van der Waals surface area contributed by atoms with Gasteiger partial charge in [0.2, 0.25) is 0 Å². The van der Waals surface area contributed by atoms with Crippen molar-refractivity contribution in [2.45, 2.75) is 26.7 Å². The molecule has 0 bridgehead atoms. The number of aromatic nitrogens is 3. The van der Waals surface area contributed by atoms with Crippen molar-refractivity contribution in [2.75, 3.05) is 18.5 Å². The lowest BCUT2D eigenvalue weighted by atomic mass is 10.0. The maximum atomic E-state index is 12.9. The Balaban J connectivity index is 1.41. The van der Waals surface area contributed by atoms with E-state index in [0.29, 0.717) is 47.4 Å². The third-order valence-electron chi connectivity index (χ3n) is 5.57. The molecule has 32 heavy (non-hydrogen) atoms. The first kappa shape index (κ1) is 20.1. The zero-order valence-corrected chi connectivity index (χ0v) is 18.3. The molecule has 5 rings (SSSR count). The van der Waals surface area contributed by atoms with Crippen molar-refractivity contribution >= 4 is 22.6 Å². The zero-order valence-electron chi connectivity index (χ0n) is 18.3. The first-order valence-corrected chi connectivity index (χ1v) is 10.7. The predicted molar refractivity (Wildman–Crippen MR) is 123 cm³/mol. The summed E-state index contributed by atoms with van der Waals surface area (Å²) in [6.45, 7) is 7.26. The number of anilines is 1. The van der Waals surface area contributed by atoms with Crippen molar-refractivity contribution in [3.8, 4) is 17.2 Å². The molecule has 0 radical (unpaired) electrons. The Hall–Kier alpha value is -3.87. The number of hydrogen-bond acceptors (Lipinski definition) is 5. The van der Waals surface area contributed by atoms with Crippen molar-refractivity contribution in [1.29, 1.82) is 0 Å². The molecule has 2 heterocycles. The van der Waals surface area contributed by atoms with E-state index in [1.54, 1.807) is 23.0 Å². The van der Waals surface area contributed by atoms with E-state index in [1.807, 2.05) is 31.2 Å². The van der Waals surface area contributed by atoms with Crippen molar-refractivity contribution < 1.29 is 14.3 Å². The highest BCUT2D eigenvalue weighted by molar-refractivity contribution is 6.05. The first-order valence-electron chi connectivity index (χ1n) is 10.7. The maximum absolute atomic E-state index is 12.9. The van der Waals surface area contributed by atoms with Crippen molar-refractivity contribution in [1.82, 2.24) is 15.0 Å². The molecule has 162 valence electrons. The summed E-state index contributed by atoms with van der Waals surface area (Å²) in [6, 6.07) is 17.2. The normalized spacial score (nSPS) is 12.9. The Morgan fingerprint density at radius 2 is 1.62 bits per heavy atom. The van der Waals surface area contributed by atoms with E-state index in [4.69, 9.17) is 9.47 Å². The van der Waals surface area contributed by atoms with Gasteiger partial charge in [0.25, 0.3) is 5.91 Å². The molecule has 7 heteroatoms. The summed E-state index contributed by atoms with van der Waals surface area (Å²) in [7, 11) is 0. The van der Waals surface area contributed by atoms with E-state index >= 15 is 0 Å². The zero-order chi connectivity index (χ0) is 22.2. The number of carbonyl (C=O) groups is 1. The fraction of sp³-hybridized carbons (Fsp3) is 0.240. The second-order valence-electron chi connectivity index (χ2n) is 8.20. The topological polar surface area (TPSA) is 78.3 Å². The lowest BCUT2D eigenvalue weighted by Gasteiger charge is -2.18. The Morgan fingerprint density at radius 1 is 0.938 bits per heavy atom. The smallest absolute Gasteiger partial charge is 0.255 e. The highest BCUT2D eigenvalue weighted by atomic mass is 16.6. The molecule has 1 aromatic heterocycles. The van der Waals surface area contributed by atoms with Gasteiger partial charge in [-0.1, -0.05) is 26.0 Å². The summed E-state index contributed by atoms with van der Waals surface area (Å²) in [5, 5.41) is 12.2. The number of ether oxygens (including phenoxy) is 2. The highest BCUT2D eigenvalue weighted by Gasteiger charge is 2.16. The minimum Gasteiger partial charge on any atom is -0.486 e. The lowest BCUT2D eigenvalue weighted by Crippen LogP contribution is -2.17. The van der Waals surface area contributed by atoms with Crippen LogP contribution in [0.25, 0.3) is 16.7 Å². The van der Waals surface area contributed by atoms with Gasteiger partial charge in [0.05, 0.1) is 5.69 Å². The van der Waals surface area contributed by atoms with Gasteiger partial charge < -0.3 is 14.8 Å². The van der Waals surface area contributed by atoms with Crippen LogP contribution in [-0.4, -0.2) is 34.1 Å². The van der Waals surface area contributed by atoms with Crippen LogP contribution in [0.4, 0.5) is 5.69 Å². The number of hydrogen-bond donors (Lipinski definition) is 1. The van der Waals surface area contributed by atoms with Gasteiger partial charge in [0.1, 0.15) is 24.2 Å². The third kappa shape index (κ3) is 3.77. The molecule has 0 saturated heterocycles. The third-order valence-corrected chi connectivity index (χ3v) is 5.57. The van der Waals surface area contributed by atoms with Crippen LogP contribution in [0.5, 0.6) is 11.5 Å². The van der Waals surface area contributed by atoms with Crippen molar-refractivity contribution in [2.24, 2.45) is 0 Å². The molecule has 0 aliphatic carbocycles. The number of nitrogens with zero attached hydrogens (tertiary/aromatic N) is 3. The van der Waals surface area contributed by atoms with Crippen LogP contribution >= 0.6 is 0 Å². The Morgan fingerprint density at radius 3 is 2.34 bits per heavy atom. The van der Waals surface area contributed by atoms with Gasteiger partial charge in [0.15, 0.2) is 11.5 Å². The molecule has 3 aromatic carbocycles. The molecule has 1 amide bonds. The van der Waals surface area contributed by atoms with Crippen LogP contribution in [-0.2, 0) is 0 Å². The number of benzene rings is 3. The molecule has 0 unspecified atom stereocenters. The molecule has 1 N–H and O–H groups in total. The van der Waals surface area contributed by atoms with Crippen LogP contribution in [0.2, 0.25) is 0 Å². The van der Waals surface area contributed by atoms with E-state index in [-0.39, 0.29) is 5.91 Å². The van der Waals surface area contributed by atoms with Crippen molar-refractivity contribution in [3.05, 3.63) is 71.3 Å². The van der Waals surface area contributed by atoms with Gasteiger partial charge in [0, 0.05) is 11.3 Å². The minimum atomic E-state index is -0.221. The van der Waals surface area contributed by atoms with Gasteiger partial charge in [-0.05, 0) is 66.4 Å². The molecule has 7 nitrogen and oxygen atoms in total. The maximum Gasteiger partial charge on any atom is 0.255 e. The molecule has 0 fully saturated rings. The van der Waals surface area contributed by atoms with Gasteiger partial charge in [-0.2, -0.15) is 4.80 Å². The van der Waals surface area contributed by atoms with E-state index in [0.717, 1.165) is 16.8 Å². The number of carbonyl (C=O) groups excluding carboxylic acids is 1. The molecule has 0 atom stereocenters. The standard InChI is InChI=1S/C25H24N4O3/c1-15(2)17-4-7-19(8-5-17)29-27-21-12-16(3)20(14-22(21)28-29)26-25(30)18-6-9-23-24(13-18)32-11-10-31-23/h4-9,12-15H,10-11H2,1-3H3,(H,26,30). The first-order chi connectivity index (χ1) is 15.5. The van der Waals surface area contributed by atoms with E-state index < -0.39 is 0 Å². The molecular weight excluding hydrogens is 404 g/mol. The van der Waals surface area contributed by atoms with Crippen LogP contribution in [0.1, 0.15) is 41.3 Å². The van der Waals surface area contributed by atoms with Gasteiger partial charge in [-0.15, -0.1) is 10.2 Å². The highest BCUT2D eigenvalue weighted by Crippen LogP contribution is 2.31. The summed E-state index contributed by atoms with van der Waals surface area (Å²) in [5.41, 5.74) is 5.75. The monoisotopic (exact) mass is 428 g/mol. The van der Waals surface area contributed by atoms with Crippen LogP contribution in [0.15, 0.2) is 54.6 Å². The van der Waals surface area contributed by atoms with E-state index in [2.05, 4.69) is 41.5 Å². The fourth-order valence-electron chi connectivity index (χ4n) is 3.69. The summed E-state index contributed by atoms with van der Waals surface area (Å²) in [6.07, 6.45) is 0. The van der Waals surface area contributed by atoms with E-state index in [1.165, 1.54) is 5.56 Å². The average Bonchev–Trinajstić information content (AvgIpc) is 3.21.